The highest BCUT2D eigenvalue weighted by Gasteiger charge is 2.35. The number of amides is 4. The quantitative estimate of drug-likeness (QED) is 0.0292. The Hall–Kier alpha value is -3.41. The molecule has 0 saturated carbocycles. The summed E-state index contributed by atoms with van der Waals surface area (Å²) in [6.07, 6.45) is 11.6. The zero-order chi connectivity index (χ0) is 44.7. The number of hydrazine groups is 1. The van der Waals surface area contributed by atoms with Crippen molar-refractivity contribution >= 4 is 62.7 Å². The Labute approximate surface area is 374 Å². The van der Waals surface area contributed by atoms with E-state index in [0.717, 1.165) is 31.6 Å². The standard InChI is InChI=1S/C44H69FN6O7S3/c1-7-30(4)23-40(53)51(6)38(29(2)3)27-39(58-31(5)52)43-48-37(28-59-43)42(55)47-34-24-32-17-18-33(45)25-35(32)36(26-34)41(54)49-50-44(56)57-20-22-61-60-21-16-14-12-10-8-9-11-13-15-19-46/h17-18,25,28-30,34,36,38-39H,7-16,19-24,26-27,46H2,1-6H3,(H,47,55)(H,49,54)(H,50,56)/t30-,34?,36+,38?,39?/m0/s1. The van der Waals surface area contributed by atoms with Crippen molar-refractivity contribution in [3.05, 3.63) is 51.2 Å². The molecule has 61 heavy (non-hydrogen) atoms. The Bertz CT molecular complexity index is 1680. The predicted molar refractivity (Wildman–Crippen MR) is 244 cm³/mol. The molecule has 3 rings (SSSR count). The monoisotopic (exact) mass is 908 g/mol. The van der Waals surface area contributed by atoms with E-state index in [0.29, 0.717) is 41.1 Å². The van der Waals surface area contributed by atoms with Crippen LogP contribution in [0.4, 0.5) is 9.18 Å². The van der Waals surface area contributed by atoms with Gasteiger partial charge >= 0.3 is 12.1 Å². The zero-order valence-corrected chi connectivity index (χ0v) is 39.4. The summed E-state index contributed by atoms with van der Waals surface area (Å²) in [6, 6.07) is 3.43. The van der Waals surface area contributed by atoms with E-state index in [1.54, 1.807) is 45.0 Å². The molecule has 0 bridgehead atoms. The molecule has 0 fully saturated rings. The van der Waals surface area contributed by atoms with Gasteiger partial charge in [0.2, 0.25) is 11.8 Å². The van der Waals surface area contributed by atoms with Crippen LogP contribution in [0, 0.1) is 17.7 Å². The average molecular weight is 909 g/mol. The van der Waals surface area contributed by atoms with E-state index in [1.165, 1.54) is 75.3 Å². The molecule has 0 spiro atoms. The van der Waals surface area contributed by atoms with Crippen LogP contribution in [0.2, 0.25) is 0 Å². The Balaban J connectivity index is 1.50. The number of ether oxygens (including phenoxy) is 2. The highest BCUT2D eigenvalue weighted by Crippen LogP contribution is 2.34. The molecule has 5 atom stereocenters. The maximum Gasteiger partial charge on any atom is 0.426 e. The summed E-state index contributed by atoms with van der Waals surface area (Å²) in [5.74, 6) is -1.02. The summed E-state index contributed by atoms with van der Waals surface area (Å²) in [4.78, 5) is 71.1. The predicted octanol–water partition coefficient (Wildman–Crippen LogP) is 8.63. The molecule has 13 nitrogen and oxygen atoms in total. The lowest BCUT2D eigenvalue weighted by atomic mass is 9.79. The molecular formula is C44H69FN6O7S3. The van der Waals surface area contributed by atoms with Gasteiger partial charge in [-0.15, -0.1) is 11.3 Å². The molecule has 5 N–H and O–H groups in total. The van der Waals surface area contributed by atoms with Crippen molar-refractivity contribution in [2.24, 2.45) is 17.6 Å². The Morgan fingerprint density at radius 1 is 0.984 bits per heavy atom. The zero-order valence-electron chi connectivity index (χ0n) is 36.9. The minimum absolute atomic E-state index is 0.0142. The maximum absolute atomic E-state index is 14.4. The van der Waals surface area contributed by atoms with Crippen molar-refractivity contribution in [1.29, 1.82) is 0 Å². The molecule has 4 amide bonds. The number of carbonyl (C=O) groups excluding carboxylic acids is 5. The van der Waals surface area contributed by atoms with Crippen molar-refractivity contribution in [3.63, 3.8) is 0 Å². The summed E-state index contributed by atoms with van der Waals surface area (Å²) in [6.45, 7) is 10.4. The second-order valence-corrected chi connectivity index (χ2v) is 19.9. The van der Waals surface area contributed by atoms with Crippen LogP contribution in [0.5, 0.6) is 0 Å². The largest absolute Gasteiger partial charge is 0.455 e. The third kappa shape index (κ3) is 18.8. The molecule has 1 aliphatic rings. The fraction of sp³-hybridized carbons (Fsp3) is 0.682. The number of nitrogens with one attached hydrogen (secondary N) is 3. The van der Waals surface area contributed by atoms with Crippen LogP contribution >= 0.6 is 32.9 Å². The van der Waals surface area contributed by atoms with Gasteiger partial charge < -0.3 is 25.4 Å². The molecule has 1 heterocycles. The van der Waals surface area contributed by atoms with E-state index in [-0.39, 0.29) is 42.5 Å². The molecule has 1 aromatic carbocycles. The second kappa shape index (κ2) is 28.3. The second-order valence-electron chi connectivity index (χ2n) is 16.3. The molecule has 3 unspecified atom stereocenters. The van der Waals surface area contributed by atoms with Crippen LogP contribution in [0.3, 0.4) is 0 Å². The Kier molecular flexibility index (Phi) is 24.1. The van der Waals surface area contributed by atoms with Crippen LogP contribution in [0.15, 0.2) is 23.6 Å². The lowest BCUT2D eigenvalue weighted by Crippen LogP contribution is -2.48. The number of halogens is 1. The van der Waals surface area contributed by atoms with Gasteiger partial charge in [-0.05, 0) is 67.3 Å². The molecular weight excluding hydrogens is 840 g/mol. The number of fused-ring (bicyclic) bond motifs is 1. The molecule has 2 aromatic rings. The number of nitrogens with zero attached hydrogens (tertiary/aromatic N) is 2. The van der Waals surface area contributed by atoms with Gasteiger partial charge in [-0.2, -0.15) is 0 Å². The normalized spacial score (nSPS) is 16.2. The molecule has 17 heteroatoms. The fourth-order valence-corrected chi connectivity index (χ4v) is 10.1. The summed E-state index contributed by atoms with van der Waals surface area (Å²) < 4.78 is 25.4. The number of hydrogen-bond acceptors (Lipinski definition) is 12. The Morgan fingerprint density at radius 3 is 2.31 bits per heavy atom. The first-order valence-corrected chi connectivity index (χ1v) is 25.2. The van der Waals surface area contributed by atoms with Crippen LogP contribution in [0.1, 0.15) is 157 Å². The smallest absolute Gasteiger partial charge is 0.426 e. The van der Waals surface area contributed by atoms with E-state index < -0.39 is 47.8 Å². The van der Waals surface area contributed by atoms with Gasteiger partial charge in [0, 0.05) is 55.8 Å². The lowest BCUT2D eigenvalue weighted by molar-refractivity contribution is -0.148. The van der Waals surface area contributed by atoms with Crippen LogP contribution in [0.25, 0.3) is 0 Å². The highest BCUT2D eigenvalue weighted by molar-refractivity contribution is 8.76. The van der Waals surface area contributed by atoms with Gasteiger partial charge in [0.1, 0.15) is 23.1 Å². The van der Waals surface area contributed by atoms with Crippen molar-refractivity contribution in [2.75, 3.05) is 31.7 Å². The summed E-state index contributed by atoms with van der Waals surface area (Å²) in [5, 5.41) is 4.98. The summed E-state index contributed by atoms with van der Waals surface area (Å²) in [5.41, 5.74) is 11.5. The third-order valence-corrected chi connectivity index (χ3v) is 14.4. The first kappa shape index (κ1) is 51.9. The van der Waals surface area contributed by atoms with Crippen molar-refractivity contribution in [2.45, 2.75) is 149 Å². The minimum atomic E-state index is -0.884. The van der Waals surface area contributed by atoms with E-state index in [4.69, 9.17) is 15.2 Å². The van der Waals surface area contributed by atoms with Crippen LogP contribution in [-0.4, -0.2) is 83.5 Å². The average Bonchev–Trinajstić information content (AvgIpc) is 3.73. The maximum atomic E-state index is 14.4. The van der Waals surface area contributed by atoms with E-state index in [9.17, 15) is 28.4 Å². The molecule has 1 aliphatic carbocycles. The van der Waals surface area contributed by atoms with Gasteiger partial charge in [0.15, 0.2) is 6.10 Å². The van der Waals surface area contributed by atoms with Gasteiger partial charge in [0.25, 0.3) is 5.91 Å². The third-order valence-electron chi connectivity index (χ3n) is 11.0. The number of thiazole rings is 1. The highest BCUT2D eigenvalue weighted by atomic mass is 33.1. The molecule has 1 aromatic heterocycles. The summed E-state index contributed by atoms with van der Waals surface area (Å²) in [7, 11) is 5.16. The Morgan fingerprint density at radius 2 is 1.66 bits per heavy atom. The number of aromatic nitrogens is 1. The van der Waals surface area contributed by atoms with E-state index >= 15 is 0 Å². The fourth-order valence-electron chi connectivity index (χ4n) is 7.33. The SMILES string of the molecule is CC[C@H](C)CC(=O)N(C)C(CC(OC(C)=O)c1nc(C(=O)NC2Cc3ccc(F)cc3[C@H](C(=O)NNC(=O)OCCSSCCCCCCCCCCCN)C2)cs1)C(C)C. The van der Waals surface area contributed by atoms with E-state index in [1.807, 2.05) is 27.7 Å². The van der Waals surface area contributed by atoms with Crippen molar-refractivity contribution in [1.82, 2.24) is 26.1 Å². The van der Waals surface area contributed by atoms with Crippen LogP contribution in [-0.2, 0) is 30.3 Å². The van der Waals surface area contributed by atoms with E-state index in [2.05, 4.69) is 21.2 Å². The number of nitrogens with two attached hydrogens (primary N) is 1. The first-order chi connectivity index (χ1) is 29.2. The minimum Gasteiger partial charge on any atom is -0.455 e. The topological polar surface area (TPSA) is 182 Å². The summed E-state index contributed by atoms with van der Waals surface area (Å²) >= 11 is 1.18. The van der Waals surface area contributed by atoms with Crippen LogP contribution < -0.4 is 21.9 Å². The number of benzene rings is 1. The van der Waals surface area contributed by atoms with Gasteiger partial charge in [-0.1, -0.05) is 107 Å². The number of rotatable bonds is 27. The lowest BCUT2D eigenvalue weighted by Gasteiger charge is -2.34. The van der Waals surface area contributed by atoms with Gasteiger partial charge in [-0.25, -0.2) is 19.6 Å². The first-order valence-electron chi connectivity index (χ1n) is 21.9. The molecule has 0 radical (unpaired) electrons. The van der Waals surface area contributed by atoms with Gasteiger partial charge in [-0.3, -0.25) is 24.6 Å². The number of esters is 1. The molecule has 0 aliphatic heterocycles. The van der Waals surface area contributed by atoms with Gasteiger partial charge in [0.05, 0.1) is 5.92 Å². The molecule has 0 saturated heterocycles. The number of unbranched alkanes of at least 4 members (excludes halogenated alkanes) is 8. The van der Waals surface area contributed by atoms with Crippen molar-refractivity contribution < 1.29 is 37.8 Å². The molecule has 342 valence electrons. The van der Waals surface area contributed by atoms with Crippen molar-refractivity contribution in [3.8, 4) is 0 Å². The number of carbonyl (C=O) groups is 5. The number of hydrogen-bond donors (Lipinski definition) is 4.